The van der Waals surface area contributed by atoms with E-state index in [1.54, 1.807) is 31.2 Å². The highest BCUT2D eigenvalue weighted by Crippen LogP contribution is 2.20. The van der Waals surface area contributed by atoms with Crippen molar-refractivity contribution in [2.75, 3.05) is 5.73 Å². The number of sulfonamides is 1. The van der Waals surface area contributed by atoms with Crippen LogP contribution in [0.15, 0.2) is 47.4 Å². The van der Waals surface area contributed by atoms with Gasteiger partial charge in [0.05, 0.1) is 4.90 Å². The van der Waals surface area contributed by atoms with E-state index in [9.17, 15) is 17.2 Å². The van der Waals surface area contributed by atoms with Gasteiger partial charge in [-0.25, -0.2) is 21.9 Å². The predicted molar refractivity (Wildman–Crippen MR) is 75.9 cm³/mol. The Kier molecular flexibility index (Phi) is 4.24. The quantitative estimate of drug-likeness (QED) is 0.852. The summed E-state index contributed by atoms with van der Waals surface area (Å²) < 4.78 is 52.6. The molecule has 0 radical (unpaired) electrons. The van der Waals surface area contributed by atoms with Crippen molar-refractivity contribution in [3.05, 3.63) is 59.7 Å². The summed E-state index contributed by atoms with van der Waals surface area (Å²) in [6, 6.07) is 8.60. The summed E-state index contributed by atoms with van der Waals surface area (Å²) >= 11 is 0. The molecule has 2 aromatic carbocycles. The third-order valence-electron chi connectivity index (χ3n) is 2.94. The highest BCUT2D eigenvalue weighted by atomic mass is 32.2. The lowest BCUT2D eigenvalue weighted by atomic mass is 10.1. The SMILES string of the molecule is CC(NS(=O)(=O)c1ccc(F)c(F)c1)c1cccc(N)c1. The lowest BCUT2D eigenvalue weighted by molar-refractivity contribution is 0.503. The van der Waals surface area contributed by atoms with E-state index in [1.165, 1.54) is 0 Å². The number of benzene rings is 2. The Bertz CT molecular complexity index is 763. The first-order chi connectivity index (χ1) is 9.79. The van der Waals surface area contributed by atoms with Crippen LogP contribution in [0.5, 0.6) is 0 Å². The zero-order chi connectivity index (χ0) is 15.6. The third-order valence-corrected chi connectivity index (χ3v) is 4.48. The molecule has 0 amide bonds. The zero-order valence-electron chi connectivity index (χ0n) is 11.2. The first-order valence-corrected chi connectivity index (χ1v) is 7.61. The van der Waals surface area contributed by atoms with Crippen LogP contribution in [0.4, 0.5) is 14.5 Å². The lowest BCUT2D eigenvalue weighted by Crippen LogP contribution is -2.27. The smallest absolute Gasteiger partial charge is 0.241 e. The monoisotopic (exact) mass is 312 g/mol. The molecule has 2 rings (SSSR count). The van der Waals surface area contributed by atoms with Crippen LogP contribution in [-0.4, -0.2) is 8.42 Å². The van der Waals surface area contributed by atoms with Crippen molar-refractivity contribution in [2.45, 2.75) is 17.9 Å². The molecule has 3 N–H and O–H groups in total. The van der Waals surface area contributed by atoms with E-state index in [1.807, 2.05) is 0 Å². The largest absolute Gasteiger partial charge is 0.399 e. The molecule has 1 unspecified atom stereocenters. The molecule has 2 aromatic rings. The lowest BCUT2D eigenvalue weighted by Gasteiger charge is -2.15. The molecule has 0 bridgehead atoms. The second-order valence-corrected chi connectivity index (χ2v) is 6.30. The van der Waals surface area contributed by atoms with Gasteiger partial charge in [-0.1, -0.05) is 12.1 Å². The first-order valence-electron chi connectivity index (χ1n) is 6.12. The predicted octanol–water partition coefficient (Wildman–Crippen LogP) is 2.59. The van der Waals surface area contributed by atoms with Crippen LogP contribution in [0, 0.1) is 11.6 Å². The van der Waals surface area contributed by atoms with E-state index >= 15 is 0 Å². The minimum atomic E-state index is -3.96. The van der Waals surface area contributed by atoms with Gasteiger partial charge >= 0.3 is 0 Å². The number of hydrogen-bond acceptors (Lipinski definition) is 3. The molecule has 0 aliphatic carbocycles. The molecule has 4 nitrogen and oxygen atoms in total. The van der Waals surface area contributed by atoms with Gasteiger partial charge in [0, 0.05) is 11.7 Å². The second kappa shape index (κ2) is 5.79. The molecule has 0 saturated carbocycles. The maximum atomic E-state index is 13.1. The van der Waals surface area contributed by atoms with Crippen LogP contribution in [0.3, 0.4) is 0 Å². The summed E-state index contributed by atoms with van der Waals surface area (Å²) in [6.45, 7) is 1.63. The molecule has 0 heterocycles. The fraction of sp³-hybridized carbons (Fsp3) is 0.143. The maximum absolute atomic E-state index is 13.1. The molecule has 7 heteroatoms. The fourth-order valence-corrected chi connectivity index (χ4v) is 3.08. The number of rotatable bonds is 4. The Morgan fingerprint density at radius 2 is 1.81 bits per heavy atom. The Balaban J connectivity index is 2.26. The van der Waals surface area contributed by atoms with Gasteiger partial charge < -0.3 is 5.73 Å². The van der Waals surface area contributed by atoms with E-state index in [0.717, 1.165) is 12.1 Å². The standard InChI is InChI=1S/C14H14F2N2O2S/c1-9(10-3-2-4-11(17)7-10)18-21(19,20)12-5-6-13(15)14(16)8-12/h2-9,18H,17H2,1H3. The summed E-state index contributed by atoms with van der Waals surface area (Å²) in [5, 5.41) is 0. The second-order valence-electron chi connectivity index (χ2n) is 4.59. The highest BCUT2D eigenvalue weighted by molar-refractivity contribution is 7.89. The van der Waals surface area contributed by atoms with Crippen molar-refractivity contribution < 1.29 is 17.2 Å². The first kappa shape index (κ1) is 15.4. The molecular formula is C14H14F2N2O2S. The van der Waals surface area contributed by atoms with Gasteiger partial charge in [0.25, 0.3) is 0 Å². The van der Waals surface area contributed by atoms with Crippen molar-refractivity contribution in [1.29, 1.82) is 0 Å². The van der Waals surface area contributed by atoms with Crippen LogP contribution in [-0.2, 0) is 10.0 Å². The van der Waals surface area contributed by atoms with Gasteiger partial charge in [-0.05, 0) is 42.8 Å². The highest BCUT2D eigenvalue weighted by Gasteiger charge is 2.20. The van der Waals surface area contributed by atoms with Crippen molar-refractivity contribution in [1.82, 2.24) is 4.72 Å². The minimum Gasteiger partial charge on any atom is -0.399 e. The summed E-state index contributed by atoms with van der Waals surface area (Å²) in [5.74, 6) is -2.31. The number of nitrogen functional groups attached to an aromatic ring is 1. The number of nitrogens with two attached hydrogens (primary N) is 1. The Morgan fingerprint density at radius 3 is 2.43 bits per heavy atom. The number of anilines is 1. The number of halogens is 2. The van der Waals surface area contributed by atoms with Crippen LogP contribution >= 0.6 is 0 Å². The number of hydrogen-bond donors (Lipinski definition) is 2. The number of nitrogens with one attached hydrogen (secondary N) is 1. The average Bonchev–Trinajstić information content (AvgIpc) is 2.41. The van der Waals surface area contributed by atoms with Crippen molar-refractivity contribution in [3.8, 4) is 0 Å². The molecule has 112 valence electrons. The molecule has 0 fully saturated rings. The van der Waals surface area contributed by atoms with E-state index in [-0.39, 0.29) is 4.90 Å². The van der Waals surface area contributed by atoms with E-state index < -0.39 is 27.7 Å². The van der Waals surface area contributed by atoms with Gasteiger partial charge in [0.15, 0.2) is 11.6 Å². The van der Waals surface area contributed by atoms with Gasteiger partial charge in [0.1, 0.15) is 0 Å². The maximum Gasteiger partial charge on any atom is 0.241 e. The summed E-state index contributed by atoms with van der Waals surface area (Å²) in [5.41, 5.74) is 6.81. The van der Waals surface area contributed by atoms with Crippen LogP contribution in [0.2, 0.25) is 0 Å². The van der Waals surface area contributed by atoms with Crippen molar-refractivity contribution in [3.63, 3.8) is 0 Å². The van der Waals surface area contributed by atoms with Crippen LogP contribution < -0.4 is 10.5 Å². The van der Waals surface area contributed by atoms with Crippen LogP contribution in [0.25, 0.3) is 0 Å². The molecule has 21 heavy (non-hydrogen) atoms. The molecule has 0 saturated heterocycles. The van der Waals surface area contributed by atoms with E-state index in [2.05, 4.69) is 4.72 Å². The topological polar surface area (TPSA) is 72.2 Å². The Morgan fingerprint density at radius 1 is 1.10 bits per heavy atom. The minimum absolute atomic E-state index is 0.336. The molecular weight excluding hydrogens is 298 g/mol. The third kappa shape index (κ3) is 3.56. The molecule has 0 aliphatic heterocycles. The molecule has 0 spiro atoms. The van der Waals surface area contributed by atoms with Gasteiger partial charge in [0.2, 0.25) is 10.0 Å². The van der Waals surface area contributed by atoms with Crippen LogP contribution in [0.1, 0.15) is 18.5 Å². The van der Waals surface area contributed by atoms with Gasteiger partial charge in [-0.3, -0.25) is 0 Å². The molecule has 0 aromatic heterocycles. The van der Waals surface area contributed by atoms with Gasteiger partial charge in [-0.2, -0.15) is 0 Å². The normalized spacial score (nSPS) is 13.1. The van der Waals surface area contributed by atoms with Crippen molar-refractivity contribution in [2.24, 2.45) is 0 Å². The average molecular weight is 312 g/mol. The Labute approximate surface area is 121 Å². The Hall–Kier alpha value is -1.99. The summed E-state index contributed by atoms with van der Waals surface area (Å²) in [4.78, 5) is -0.336. The summed E-state index contributed by atoms with van der Waals surface area (Å²) in [6.07, 6.45) is 0. The molecule has 1 atom stereocenters. The van der Waals surface area contributed by atoms with E-state index in [0.29, 0.717) is 17.3 Å². The van der Waals surface area contributed by atoms with Gasteiger partial charge in [-0.15, -0.1) is 0 Å². The van der Waals surface area contributed by atoms with E-state index in [4.69, 9.17) is 5.73 Å². The fourth-order valence-electron chi connectivity index (χ4n) is 1.84. The zero-order valence-corrected chi connectivity index (χ0v) is 12.0. The summed E-state index contributed by atoms with van der Waals surface area (Å²) in [7, 11) is -3.96. The van der Waals surface area contributed by atoms with Crippen molar-refractivity contribution >= 4 is 15.7 Å². The molecule has 0 aliphatic rings.